The van der Waals surface area contributed by atoms with Gasteiger partial charge in [0.25, 0.3) is 0 Å². The molecule has 0 fully saturated rings. The van der Waals surface area contributed by atoms with Crippen LogP contribution in [0.2, 0.25) is 5.02 Å². The number of rotatable bonds is 3. The minimum absolute atomic E-state index is 0.141. The van der Waals surface area contributed by atoms with Crippen LogP contribution in [-0.4, -0.2) is 5.11 Å². The molecule has 0 radical (unpaired) electrons. The molecular formula is C12H12ClNO. The molecule has 78 valence electrons. The Morgan fingerprint density at radius 2 is 2.00 bits per heavy atom. The van der Waals surface area contributed by atoms with E-state index >= 15 is 0 Å². The van der Waals surface area contributed by atoms with E-state index in [0.717, 1.165) is 6.42 Å². The molecule has 15 heavy (non-hydrogen) atoms. The van der Waals surface area contributed by atoms with Gasteiger partial charge < -0.3 is 5.11 Å². The molecule has 0 aliphatic heterocycles. The number of aliphatic hydroxyl groups is 1. The average molecular weight is 222 g/mol. The van der Waals surface area contributed by atoms with E-state index in [2.05, 4.69) is 0 Å². The van der Waals surface area contributed by atoms with Gasteiger partial charge in [0.1, 0.15) is 11.8 Å². The van der Waals surface area contributed by atoms with E-state index in [1.807, 2.05) is 13.0 Å². The highest BCUT2D eigenvalue weighted by Crippen LogP contribution is 2.21. The molecule has 3 heteroatoms. The predicted molar refractivity (Wildman–Crippen MR) is 61.5 cm³/mol. The Kier molecular flexibility index (Phi) is 4.20. The topological polar surface area (TPSA) is 44.0 Å². The average Bonchev–Trinajstić information content (AvgIpc) is 2.22. The molecule has 0 aliphatic carbocycles. The Labute approximate surface area is 94.4 Å². The molecule has 1 rings (SSSR count). The summed E-state index contributed by atoms with van der Waals surface area (Å²) in [4.78, 5) is 0. The zero-order valence-electron chi connectivity index (χ0n) is 8.50. The van der Waals surface area contributed by atoms with Gasteiger partial charge in [-0.1, -0.05) is 30.7 Å². The van der Waals surface area contributed by atoms with Crippen LogP contribution in [0.25, 0.3) is 5.57 Å². The van der Waals surface area contributed by atoms with Crippen molar-refractivity contribution < 1.29 is 5.11 Å². The third-order valence-electron chi connectivity index (χ3n) is 2.02. The van der Waals surface area contributed by atoms with E-state index in [1.54, 1.807) is 24.3 Å². The lowest BCUT2D eigenvalue weighted by Crippen LogP contribution is -1.89. The number of aliphatic hydroxyl groups excluding tert-OH is 1. The second kappa shape index (κ2) is 5.43. The van der Waals surface area contributed by atoms with Crippen LogP contribution in [0, 0.1) is 11.3 Å². The highest BCUT2D eigenvalue weighted by molar-refractivity contribution is 6.30. The summed E-state index contributed by atoms with van der Waals surface area (Å²) in [5.41, 5.74) is 1.03. The number of allylic oxidation sites excluding steroid dienone is 2. The Hall–Kier alpha value is -1.46. The van der Waals surface area contributed by atoms with Crippen LogP contribution in [-0.2, 0) is 0 Å². The summed E-state index contributed by atoms with van der Waals surface area (Å²) < 4.78 is 0. The lowest BCUT2D eigenvalue weighted by Gasteiger charge is -2.03. The maximum Gasteiger partial charge on any atom is 0.111 e. The van der Waals surface area contributed by atoms with Crippen molar-refractivity contribution in [1.82, 2.24) is 0 Å². The van der Waals surface area contributed by atoms with Crippen molar-refractivity contribution in [2.45, 2.75) is 19.8 Å². The van der Waals surface area contributed by atoms with Crippen LogP contribution < -0.4 is 0 Å². The van der Waals surface area contributed by atoms with Crippen LogP contribution in [0.5, 0.6) is 0 Å². The van der Waals surface area contributed by atoms with Crippen molar-refractivity contribution in [3.63, 3.8) is 0 Å². The quantitative estimate of drug-likeness (QED) is 0.621. The van der Waals surface area contributed by atoms with E-state index in [-0.39, 0.29) is 5.76 Å². The monoisotopic (exact) mass is 221 g/mol. The fourth-order valence-electron chi connectivity index (χ4n) is 1.27. The molecule has 0 saturated heterocycles. The molecule has 0 aromatic heterocycles. The first-order valence-electron chi connectivity index (χ1n) is 4.77. The van der Waals surface area contributed by atoms with Gasteiger partial charge >= 0.3 is 0 Å². The first kappa shape index (κ1) is 11.6. The number of halogens is 1. The van der Waals surface area contributed by atoms with E-state index in [9.17, 15) is 5.11 Å². The maximum atomic E-state index is 9.66. The first-order valence-corrected chi connectivity index (χ1v) is 5.15. The molecule has 2 nitrogen and oxygen atoms in total. The number of hydrogen-bond donors (Lipinski definition) is 1. The molecule has 1 aromatic carbocycles. The molecule has 1 aromatic rings. The van der Waals surface area contributed by atoms with Crippen LogP contribution in [0.3, 0.4) is 0 Å². The summed E-state index contributed by atoms with van der Waals surface area (Å²) in [6.07, 6.45) is 1.33. The van der Waals surface area contributed by atoms with E-state index in [1.165, 1.54) is 0 Å². The SMILES string of the molecule is CCCC(O)=C(C#N)c1ccc(Cl)cc1. The van der Waals surface area contributed by atoms with Crippen LogP contribution in [0.1, 0.15) is 25.3 Å². The second-order valence-electron chi connectivity index (χ2n) is 3.19. The Morgan fingerprint density at radius 1 is 1.40 bits per heavy atom. The van der Waals surface area contributed by atoms with Gasteiger partial charge in [-0.3, -0.25) is 0 Å². The van der Waals surface area contributed by atoms with Crippen LogP contribution in [0.15, 0.2) is 30.0 Å². The molecule has 0 atom stereocenters. The number of nitrogens with zero attached hydrogens (tertiary/aromatic N) is 1. The second-order valence-corrected chi connectivity index (χ2v) is 3.63. The molecule has 0 unspecified atom stereocenters. The summed E-state index contributed by atoms with van der Waals surface area (Å²) in [6.45, 7) is 1.95. The lowest BCUT2D eigenvalue weighted by atomic mass is 10.0. The van der Waals surface area contributed by atoms with Gasteiger partial charge in [-0.05, 0) is 24.1 Å². The van der Waals surface area contributed by atoms with Crippen LogP contribution >= 0.6 is 11.6 Å². The van der Waals surface area contributed by atoms with Crippen molar-refractivity contribution in [1.29, 1.82) is 5.26 Å². The maximum absolute atomic E-state index is 9.66. The molecule has 0 bridgehead atoms. The summed E-state index contributed by atoms with van der Waals surface area (Å²) in [7, 11) is 0. The molecule has 0 aliphatic rings. The van der Waals surface area contributed by atoms with Gasteiger partial charge in [0.2, 0.25) is 0 Å². The minimum Gasteiger partial charge on any atom is -0.511 e. The highest BCUT2D eigenvalue weighted by Gasteiger charge is 2.06. The Bertz CT molecular complexity index is 401. The van der Waals surface area contributed by atoms with Crippen molar-refractivity contribution in [2.24, 2.45) is 0 Å². The number of benzene rings is 1. The van der Waals surface area contributed by atoms with Gasteiger partial charge in [0.05, 0.1) is 5.57 Å². The van der Waals surface area contributed by atoms with E-state index < -0.39 is 0 Å². The van der Waals surface area contributed by atoms with Crippen LogP contribution in [0.4, 0.5) is 0 Å². The molecule has 0 heterocycles. The minimum atomic E-state index is 0.141. The molecule has 1 N–H and O–H groups in total. The molecule has 0 amide bonds. The van der Waals surface area contributed by atoms with Gasteiger partial charge in [0, 0.05) is 11.4 Å². The van der Waals surface area contributed by atoms with E-state index in [4.69, 9.17) is 16.9 Å². The van der Waals surface area contributed by atoms with Gasteiger partial charge in [-0.15, -0.1) is 0 Å². The lowest BCUT2D eigenvalue weighted by molar-refractivity contribution is 0.390. The van der Waals surface area contributed by atoms with Crippen molar-refractivity contribution in [3.8, 4) is 6.07 Å². The summed E-state index contributed by atoms with van der Waals surface area (Å²) in [5.74, 6) is 0.141. The summed E-state index contributed by atoms with van der Waals surface area (Å²) >= 11 is 5.74. The Morgan fingerprint density at radius 3 is 2.47 bits per heavy atom. The third-order valence-corrected chi connectivity index (χ3v) is 2.27. The van der Waals surface area contributed by atoms with Gasteiger partial charge in [-0.25, -0.2) is 0 Å². The van der Waals surface area contributed by atoms with Gasteiger partial charge in [0.15, 0.2) is 0 Å². The molecule has 0 spiro atoms. The van der Waals surface area contributed by atoms with Gasteiger partial charge in [-0.2, -0.15) is 5.26 Å². The third kappa shape index (κ3) is 3.00. The standard InChI is InChI=1S/C12H12ClNO/c1-2-3-12(15)11(8-14)9-4-6-10(13)7-5-9/h4-7,15H,2-3H2,1H3. The van der Waals surface area contributed by atoms with Crippen molar-refractivity contribution in [2.75, 3.05) is 0 Å². The molecular weight excluding hydrogens is 210 g/mol. The predicted octanol–water partition coefficient (Wildman–Crippen LogP) is 3.93. The largest absolute Gasteiger partial charge is 0.511 e. The smallest absolute Gasteiger partial charge is 0.111 e. The van der Waals surface area contributed by atoms with E-state index in [0.29, 0.717) is 22.6 Å². The zero-order valence-corrected chi connectivity index (χ0v) is 9.25. The van der Waals surface area contributed by atoms with Crippen molar-refractivity contribution in [3.05, 3.63) is 40.6 Å². The van der Waals surface area contributed by atoms with Crippen molar-refractivity contribution >= 4 is 17.2 Å². The highest BCUT2D eigenvalue weighted by atomic mass is 35.5. The Balaban J connectivity index is 3.09. The number of nitriles is 1. The summed E-state index contributed by atoms with van der Waals surface area (Å²) in [6, 6.07) is 8.87. The normalized spacial score (nSPS) is 11.8. The molecule has 0 saturated carbocycles. The fourth-order valence-corrected chi connectivity index (χ4v) is 1.40. The number of hydrogen-bond acceptors (Lipinski definition) is 2. The fraction of sp³-hybridized carbons (Fsp3) is 0.250. The zero-order chi connectivity index (χ0) is 11.3. The first-order chi connectivity index (χ1) is 7.19. The summed E-state index contributed by atoms with van der Waals surface area (Å²) in [5, 5.41) is 19.2.